The van der Waals surface area contributed by atoms with Gasteiger partial charge in [0.2, 0.25) is 5.95 Å². The lowest BCUT2D eigenvalue weighted by atomic mass is 9.95. The van der Waals surface area contributed by atoms with Crippen LogP contribution in [-0.2, 0) is 13.0 Å². The van der Waals surface area contributed by atoms with Crippen molar-refractivity contribution in [3.63, 3.8) is 0 Å². The first-order valence-corrected chi connectivity index (χ1v) is 8.06. The zero-order valence-electron chi connectivity index (χ0n) is 14.3. The third-order valence-electron chi connectivity index (χ3n) is 4.63. The summed E-state index contributed by atoms with van der Waals surface area (Å²) in [5, 5.41) is 0. The molecule has 6 heteroatoms. The Morgan fingerprint density at radius 1 is 1.12 bits per heavy atom. The molecule has 3 heterocycles. The second kappa shape index (κ2) is 5.88. The summed E-state index contributed by atoms with van der Waals surface area (Å²) in [5.41, 5.74) is 4.84. The summed E-state index contributed by atoms with van der Waals surface area (Å²) in [6.07, 6.45) is 2.41. The highest BCUT2D eigenvalue weighted by Gasteiger charge is 2.26. The molecule has 0 radical (unpaired) electrons. The number of imidazole rings is 1. The van der Waals surface area contributed by atoms with E-state index >= 15 is 0 Å². The maximum absolute atomic E-state index is 13.2. The van der Waals surface area contributed by atoms with Gasteiger partial charge < -0.3 is 14.0 Å². The molecule has 1 aliphatic rings. The predicted molar refractivity (Wildman–Crippen MR) is 92.4 cm³/mol. The van der Waals surface area contributed by atoms with Crippen molar-refractivity contribution in [2.75, 3.05) is 14.2 Å². The van der Waals surface area contributed by atoms with Crippen LogP contribution in [0.2, 0.25) is 0 Å². The molecular weight excluding hydrogens is 321 g/mol. The third-order valence-corrected chi connectivity index (χ3v) is 4.63. The minimum atomic E-state index is -0.500. The summed E-state index contributed by atoms with van der Waals surface area (Å²) in [5.74, 6) is 1.82. The lowest BCUT2D eigenvalue weighted by molar-refractivity contribution is 0.354. The minimum absolute atomic E-state index is 0.500. The second-order valence-corrected chi connectivity index (χ2v) is 5.99. The number of aryl methyl sites for hydroxylation is 2. The lowest BCUT2D eigenvalue weighted by Gasteiger charge is -2.22. The lowest BCUT2D eigenvalue weighted by Crippen LogP contribution is -2.12. The molecule has 0 atom stereocenters. The minimum Gasteiger partial charge on any atom is -0.493 e. The first-order valence-electron chi connectivity index (χ1n) is 8.06. The molecule has 0 saturated carbocycles. The van der Waals surface area contributed by atoms with E-state index in [0.717, 1.165) is 47.1 Å². The van der Waals surface area contributed by atoms with Crippen molar-refractivity contribution < 1.29 is 13.9 Å². The number of methoxy groups -OCH3 is 2. The van der Waals surface area contributed by atoms with Crippen LogP contribution >= 0.6 is 0 Å². The van der Waals surface area contributed by atoms with Gasteiger partial charge in [-0.05, 0) is 43.2 Å². The molecule has 0 aliphatic carbocycles. The molecular formula is C19H18FN3O2. The van der Waals surface area contributed by atoms with Crippen molar-refractivity contribution in [1.82, 2.24) is 14.5 Å². The predicted octanol–water partition coefficient (Wildman–Crippen LogP) is 3.63. The summed E-state index contributed by atoms with van der Waals surface area (Å²) in [7, 11) is 3.26. The van der Waals surface area contributed by atoms with E-state index in [9.17, 15) is 4.39 Å². The molecule has 0 N–H and O–H groups in total. The topological polar surface area (TPSA) is 49.2 Å². The van der Waals surface area contributed by atoms with Crippen molar-refractivity contribution in [1.29, 1.82) is 0 Å². The SMILES string of the molecule is COc1cc2c(cc1OC)-c1c(-c3ccc(F)nc3)nc(C)n1CC2. The normalized spacial score (nSPS) is 12.5. The number of ether oxygens (including phenoxy) is 2. The van der Waals surface area contributed by atoms with E-state index in [0.29, 0.717) is 5.75 Å². The quantitative estimate of drug-likeness (QED) is 0.684. The first-order chi connectivity index (χ1) is 12.1. The smallest absolute Gasteiger partial charge is 0.212 e. The van der Waals surface area contributed by atoms with Crippen LogP contribution in [-0.4, -0.2) is 28.8 Å². The molecule has 0 spiro atoms. The fraction of sp³-hybridized carbons (Fsp3) is 0.263. The highest BCUT2D eigenvalue weighted by atomic mass is 19.1. The fourth-order valence-corrected chi connectivity index (χ4v) is 3.41. The molecule has 0 bridgehead atoms. The molecule has 0 fully saturated rings. The molecule has 5 nitrogen and oxygen atoms in total. The number of pyridine rings is 1. The van der Waals surface area contributed by atoms with Gasteiger partial charge >= 0.3 is 0 Å². The molecule has 128 valence electrons. The summed E-state index contributed by atoms with van der Waals surface area (Å²) < 4.78 is 26.3. The average Bonchev–Trinajstić information content (AvgIpc) is 2.98. The van der Waals surface area contributed by atoms with Gasteiger partial charge in [0.25, 0.3) is 0 Å². The maximum atomic E-state index is 13.2. The zero-order chi connectivity index (χ0) is 17.6. The van der Waals surface area contributed by atoms with E-state index < -0.39 is 5.95 Å². The Bertz CT molecular complexity index is 948. The molecule has 1 aromatic carbocycles. The Morgan fingerprint density at radius 3 is 2.56 bits per heavy atom. The third kappa shape index (κ3) is 2.45. The number of benzene rings is 1. The highest BCUT2D eigenvalue weighted by molar-refractivity contribution is 5.82. The molecule has 25 heavy (non-hydrogen) atoms. The summed E-state index contributed by atoms with van der Waals surface area (Å²) in [6.45, 7) is 2.82. The van der Waals surface area contributed by atoms with E-state index in [1.54, 1.807) is 20.3 Å². The maximum Gasteiger partial charge on any atom is 0.212 e. The fourth-order valence-electron chi connectivity index (χ4n) is 3.41. The number of rotatable bonds is 3. The van der Waals surface area contributed by atoms with E-state index in [4.69, 9.17) is 14.5 Å². The van der Waals surface area contributed by atoms with Crippen molar-refractivity contribution in [3.8, 4) is 34.0 Å². The van der Waals surface area contributed by atoms with Gasteiger partial charge in [-0.25, -0.2) is 9.97 Å². The van der Waals surface area contributed by atoms with Crippen molar-refractivity contribution in [2.45, 2.75) is 19.9 Å². The number of halogens is 1. The van der Waals surface area contributed by atoms with Crippen LogP contribution in [0.25, 0.3) is 22.5 Å². The average molecular weight is 339 g/mol. The Kier molecular flexibility index (Phi) is 3.67. The van der Waals surface area contributed by atoms with E-state index in [1.807, 2.05) is 19.1 Å². The van der Waals surface area contributed by atoms with Gasteiger partial charge in [-0.3, -0.25) is 0 Å². The van der Waals surface area contributed by atoms with Gasteiger partial charge in [-0.2, -0.15) is 4.39 Å². The summed E-state index contributed by atoms with van der Waals surface area (Å²) in [6, 6.07) is 7.07. The standard InChI is InChI=1S/C19H18FN3O2/c1-11-22-18(13-4-5-17(20)21-10-13)19-14-9-16(25-3)15(24-2)8-12(14)6-7-23(11)19/h4-5,8-10H,6-7H2,1-3H3. The molecule has 4 rings (SSSR count). The molecule has 0 unspecified atom stereocenters. The van der Waals surface area contributed by atoms with E-state index in [-0.39, 0.29) is 0 Å². The van der Waals surface area contributed by atoms with E-state index in [1.165, 1.54) is 17.8 Å². The Labute approximate surface area is 145 Å². The highest BCUT2D eigenvalue weighted by Crippen LogP contribution is 2.42. The molecule has 3 aromatic rings. The largest absolute Gasteiger partial charge is 0.493 e. The van der Waals surface area contributed by atoms with Gasteiger partial charge in [0.1, 0.15) is 5.82 Å². The number of fused-ring (bicyclic) bond motifs is 3. The first kappa shape index (κ1) is 15.6. The van der Waals surface area contributed by atoms with Crippen LogP contribution in [0.5, 0.6) is 11.5 Å². The van der Waals surface area contributed by atoms with Gasteiger partial charge in [0.15, 0.2) is 11.5 Å². The van der Waals surface area contributed by atoms with Crippen LogP contribution < -0.4 is 9.47 Å². The van der Waals surface area contributed by atoms with Crippen LogP contribution in [0.4, 0.5) is 4.39 Å². The van der Waals surface area contributed by atoms with Crippen LogP contribution in [0, 0.1) is 12.9 Å². The van der Waals surface area contributed by atoms with E-state index in [2.05, 4.69) is 9.55 Å². The van der Waals surface area contributed by atoms with Gasteiger partial charge in [-0.15, -0.1) is 0 Å². The molecule has 0 saturated heterocycles. The van der Waals surface area contributed by atoms with Crippen LogP contribution in [0.1, 0.15) is 11.4 Å². The van der Waals surface area contributed by atoms with Crippen molar-refractivity contribution in [2.24, 2.45) is 0 Å². The number of nitrogens with zero attached hydrogens (tertiary/aromatic N) is 3. The molecule has 2 aromatic heterocycles. The molecule has 0 amide bonds. The Hall–Kier alpha value is -2.89. The van der Waals surface area contributed by atoms with Gasteiger partial charge in [-0.1, -0.05) is 0 Å². The molecule has 1 aliphatic heterocycles. The number of hydrogen-bond acceptors (Lipinski definition) is 4. The second-order valence-electron chi connectivity index (χ2n) is 5.99. The van der Waals surface area contributed by atoms with Gasteiger partial charge in [0, 0.05) is 23.9 Å². The van der Waals surface area contributed by atoms with Crippen molar-refractivity contribution >= 4 is 0 Å². The monoisotopic (exact) mass is 339 g/mol. The van der Waals surface area contributed by atoms with Crippen molar-refractivity contribution in [3.05, 3.63) is 47.8 Å². The Balaban J connectivity index is 1.96. The zero-order valence-corrected chi connectivity index (χ0v) is 14.3. The Morgan fingerprint density at radius 2 is 1.88 bits per heavy atom. The summed E-state index contributed by atoms with van der Waals surface area (Å²) in [4.78, 5) is 8.49. The van der Waals surface area contributed by atoms with Crippen LogP contribution in [0.3, 0.4) is 0 Å². The number of aromatic nitrogens is 3. The van der Waals surface area contributed by atoms with Gasteiger partial charge in [0.05, 0.1) is 25.6 Å². The number of hydrogen-bond donors (Lipinski definition) is 0. The van der Waals surface area contributed by atoms with Crippen LogP contribution in [0.15, 0.2) is 30.5 Å². The summed E-state index contributed by atoms with van der Waals surface area (Å²) >= 11 is 0.